The molecule has 1 fully saturated rings. The third kappa shape index (κ3) is 6.03. The first kappa shape index (κ1) is 28.5. The number of ketones is 1. The second-order valence-corrected chi connectivity index (χ2v) is 10.7. The summed E-state index contributed by atoms with van der Waals surface area (Å²) in [5.74, 6) is -0.189. The van der Waals surface area contributed by atoms with Gasteiger partial charge < -0.3 is 9.67 Å². The summed E-state index contributed by atoms with van der Waals surface area (Å²) in [4.78, 5) is 25.2. The lowest BCUT2D eigenvalue weighted by molar-refractivity contribution is -0.384. The summed E-state index contributed by atoms with van der Waals surface area (Å²) in [6, 6.07) is 22.0. The van der Waals surface area contributed by atoms with Gasteiger partial charge in [-0.3, -0.25) is 19.8 Å². The van der Waals surface area contributed by atoms with Crippen molar-refractivity contribution in [3.8, 4) is 0 Å². The lowest BCUT2D eigenvalue weighted by atomic mass is 9.87. The lowest BCUT2D eigenvalue weighted by Gasteiger charge is -2.38. The molecule has 1 saturated heterocycles. The van der Waals surface area contributed by atoms with Crippen LogP contribution in [0.1, 0.15) is 29.5 Å². The summed E-state index contributed by atoms with van der Waals surface area (Å²) in [5.41, 5.74) is -1.92. The smallest absolute Gasteiger partial charge is 0.375 e. The van der Waals surface area contributed by atoms with Crippen molar-refractivity contribution >= 4 is 22.4 Å². The number of likely N-dealkylation sites (tertiary alicyclic amines) is 1. The summed E-state index contributed by atoms with van der Waals surface area (Å²) >= 11 is 0. The second-order valence-electron chi connectivity index (χ2n) is 10.7. The highest BCUT2D eigenvalue weighted by atomic mass is 19.4. The summed E-state index contributed by atoms with van der Waals surface area (Å²) in [7, 11) is 0. The number of nitro groups is 1. The third-order valence-electron chi connectivity index (χ3n) is 7.90. The van der Waals surface area contributed by atoms with Gasteiger partial charge in [-0.1, -0.05) is 60.7 Å². The maximum atomic E-state index is 14.7. The molecule has 1 atom stereocenters. The molecule has 41 heavy (non-hydrogen) atoms. The summed E-state index contributed by atoms with van der Waals surface area (Å²) in [5, 5.41) is 23.0. The fourth-order valence-electron chi connectivity index (χ4n) is 5.64. The molecule has 0 bridgehead atoms. The Kier molecular flexibility index (Phi) is 7.97. The summed E-state index contributed by atoms with van der Waals surface area (Å²) in [6.07, 6.45) is -2.68. The number of piperidine rings is 1. The normalized spacial score (nSPS) is 16.5. The number of hydrogen-bond acceptors (Lipinski definition) is 5. The molecule has 1 aromatic heterocycles. The van der Waals surface area contributed by atoms with Crippen molar-refractivity contribution in [3.05, 3.63) is 112 Å². The van der Waals surface area contributed by atoms with E-state index in [9.17, 15) is 33.2 Å². The standard InChI is InChI=1S/C31H30F3N3O4/c32-31(33,34)30(39,21-35-15-13-24(14-16-35)29(38)17-22-7-3-1-4-8-22)27-20-36(19-23-9-5-2-6-10-23)28-18-25(37(40)41)11-12-26(27)28/h1-12,18,20,24,39H,13-17,19,21H2. The number of hydrogen-bond donors (Lipinski definition) is 1. The van der Waals surface area contributed by atoms with Gasteiger partial charge in [0.25, 0.3) is 5.69 Å². The molecule has 3 aromatic carbocycles. The average molecular weight is 566 g/mol. The first-order chi connectivity index (χ1) is 19.5. The minimum Gasteiger partial charge on any atom is -0.375 e. The van der Waals surface area contributed by atoms with Crippen LogP contribution in [0.25, 0.3) is 10.9 Å². The number of halogens is 3. The Hall–Kier alpha value is -4.02. The summed E-state index contributed by atoms with van der Waals surface area (Å²) < 4.78 is 45.7. The molecule has 0 radical (unpaired) electrons. The van der Waals surface area contributed by atoms with E-state index in [-0.39, 0.29) is 59.9 Å². The largest absolute Gasteiger partial charge is 0.422 e. The van der Waals surface area contributed by atoms with Crippen molar-refractivity contribution in [2.24, 2.45) is 5.92 Å². The highest BCUT2D eigenvalue weighted by molar-refractivity contribution is 5.87. The number of β-amino-alcohol motifs (C(OH)–C–C–N with tert-alkyl or cyclic N) is 1. The van der Waals surface area contributed by atoms with E-state index >= 15 is 0 Å². The zero-order chi connectivity index (χ0) is 29.2. The SMILES string of the molecule is O=C(Cc1ccccc1)C1CCN(CC(O)(c2cn(Cc3ccccc3)c3cc([N+](=O)[O-])ccc23)C(F)(F)F)CC1. The van der Waals surface area contributed by atoms with Gasteiger partial charge in [0.2, 0.25) is 5.60 Å². The molecule has 0 aliphatic carbocycles. The van der Waals surface area contributed by atoms with Gasteiger partial charge in [0.05, 0.1) is 10.4 Å². The predicted molar refractivity (Wildman–Crippen MR) is 148 cm³/mol. The van der Waals surface area contributed by atoms with Crippen molar-refractivity contribution < 1.29 is 28.0 Å². The van der Waals surface area contributed by atoms with E-state index in [1.54, 1.807) is 17.0 Å². The van der Waals surface area contributed by atoms with Crippen molar-refractivity contribution in [2.45, 2.75) is 37.6 Å². The number of fused-ring (bicyclic) bond motifs is 1. The van der Waals surface area contributed by atoms with E-state index in [0.717, 1.165) is 17.2 Å². The number of carbonyl (C=O) groups is 1. The highest BCUT2D eigenvalue weighted by Gasteiger charge is 2.57. The minimum absolute atomic E-state index is 0.0625. The van der Waals surface area contributed by atoms with Gasteiger partial charge in [0.1, 0.15) is 5.78 Å². The molecule has 214 valence electrons. The van der Waals surface area contributed by atoms with Gasteiger partial charge in [0, 0.05) is 54.7 Å². The molecule has 7 nitrogen and oxygen atoms in total. The van der Waals surface area contributed by atoms with Gasteiger partial charge in [0.15, 0.2) is 0 Å². The topological polar surface area (TPSA) is 88.6 Å². The number of aliphatic hydroxyl groups is 1. The molecule has 2 heterocycles. The van der Waals surface area contributed by atoms with Gasteiger partial charge >= 0.3 is 6.18 Å². The van der Waals surface area contributed by atoms with Gasteiger partial charge in [-0.15, -0.1) is 0 Å². The number of carbonyl (C=O) groups excluding carboxylic acids is 1. The molecule has 1 unspecified atom stereocenters. The number of nitrogens with zero attached hydrogens (tertiary/aromatic N) is 3. The Balaban J connectivity index is 1.42. The van der Waals surface area contributed by atoms with E-state index in [4.69, 9.17) is 0 Å². The quantitative estimate of drug-likeness (QED) is 0.203. The van der Waals surface area contributed by atoms with Crippen LogP contribution in [0.15, 0.2) is 85.1 Å². The van der Waals surface area contributed by atoms with E-state index < -0.39 is 23.2 Å². The zero-order valence-electron chi connectivity index (χ0n) is 22.3. The van der Waals surface area contributed by atoms with E-state index in [0.29, 0.717) is 12.8 Å². The van der Waals surface area contributed by atoms with Crippen LogP contribution in [0.4, 0.5) is 18.9 Å². The second kappa shape index (κ2) is 11.5. The Labute approximate surface area is 235 Å². The molecule has 1 aliphatic rings. The van der Waals surface area contributed by atoms with E-state index in [1.807, 2.05) is 48.5 Å². The number of rotatable bonds is 9. The van der Waals surface area contributed by atoms with Crippen molar-refractivity contribution in [3.63, 3.8) is 0 Å². The first-order valence-corrected chi connectivity index (χ1v) is 13.4. The molecular formula is C31H30F3N3O4. The predicted octanol–water partition coefficient (Wildman–Crippen LogP) is 5.87. The number of non-ortho nitro benzene ring substituents is 1. The van der Waals surface area contributed by atoms with Crippen molar-refractivity contribution in [1.29, 1.82) is 0 Å². The molecule has 0 saturated carbocycles. The molecule has 0 spiro atoms. The van der Waals surface area contributed by atoms with Crippen LogP contribution in [0.2, 0.25) is 0 Å². The number of alkyl halides is 3. The number of Topliss-reactive ketones (excluding diaryl/α,β-unsaturated/α-hetero) is 1. The number of benzene rings is 3. The van der Waals surface area contributed by atoms with Gasteiger partial charge in [-0.05, 0) is 43.1 Å². The molecule has 1 aliphatic heterocycles. The van der Waals surface area contributed by atoms with Crippen LogP contribution in [0.3, 0.4) is 0 Å². The van der Waals surface area contributed by atoms with Crippen LogP contribution in [-0.4, -0.2) is 51.1 Å². The van der Waals surface area contributed by atoms with E-state index in [2.05, 4.69) is 0 Å². The monoisotopic (exact) mass is 565 g/mol. The van der Waals surface area contributed by atoms with Crippen LogP contribution < -0.4 is 0 Å². The first-order valence-electron chi connectivity index (χ1n) is 13.4. The Bertz CT molecular complexity index is 1530. The van der Waals surface area contributed by atoms with Crippen LogP contribution in [-0.2, 0) is 23.4 Å². The third-order valence-corrected chi connectivity index (χ3v) is 7.90. The van der Waals surface area contributed by atoms with Gasteiger partial charge in [-0.25, -0.2) is 0 Å². The lowest BCUT2D eigenvalue weighted by Crippen LogP contribution is -2.52. The van der Waals surface area contributed by atoms with Gasteiger partial charge in [-0.2, -0.15) is 13.2 Å². The Morgan fingerprint density at radius 1 is 0.951 bits per heavy atom. The maximum Gasteiger partial charge on any atom is 0.422 e. The van der Waals surface area contributed by atoms with Crippen molar-refractivity contribution in [1.82, 2.24) is 9.47 Å². The zero-order valence-corrected chi connectivity index (χ0v) is 22.3. The highest BCUT2D eigenvalue weighted by Crippen LogP contribution is 2.44. The molecule has 4 aromatic rings. The van der Waals surface area contributed by atoms with Crippen LogP contribution >= 0.6 is 0 Å². The average Bonchev–Trinajstić information content (AvgIpc) is 3.32. The Morgan fingerprint density at radius 2 is 1.56 bits per heavy atom. The molecule has 1 N–H and O–H groups in total. The minimum atomic E-state index is -5.03. The molecule has 0 amide bonds. The number of nitro benzene ring substituents is 1. The maximum absolute atomic E-state index is 14.7. The fourth-order valence-corrected chi connectivity index (χ4v) is 5.64. The van der Waals surface area contributed by atoms with Crippen LogP contribution in [0.5, 0.6) is 0 Å². The van der Waals surface area contributed by atoms with E-state index in [1.165, 1.54) is 22.9 Å². The fraction of sp³-hybridized carbons (Fsp3) is 0.323. The molecule has 10 heteroatoms. The van der Waals surface area contributed by atoms with Crippen molar-refractivity contribution in [2.75, 3.05) is 19.6 Å². The summed E-state index contributed by atoms with van der Waals surface area (Å²) in [6.45, 7) is -0.0751. The molecule has 5 rings (SSSR count). The van der Waals surface area contributed by atoms with Crippen LogP contribution in [0, 0.1) is 16.0 Å². The Morgan fingerprint density at radius 3 is 2.15 bits per heavy atom. The number of aromatic nitrogens is 1. The molecular weight excluding hydrogens is 535 g/mol.